The van der Waals surface area contributed by atoms with Crippen LogP contribution >= 0.6 is 0 Å². The first-order valence-electron chi connectivity index (χ1n) is 4.21. The maximum atomic E-state index is 10.2. The fourth-order valence-corrected chi connectivity index (χ4v) is 0.640. The van der Waals surface area contributed by atoms with Crippen LogP contribution in [-0.2, 0) is 14.3 Å². The summed E-state index contributed by atoms with van der Waals surface area (Å²) in [5, 5.41) is 0. The van der Waals surface area contributed by atoms with Gasteiger partial charge < -0.3 is 20.1 Å². The monoisotopic (exact) mass is 190 g/mol. The van der Waals surface area contributed by atoms with E-state index in [0.717, 1.165) is 6.54 Å². The first-order chi connectivity index (χ1) is 6.13. The summed E-state index contributed by atoms with van der Waals surface area (Å²) in [5.74, 6) is -0.451. The Bertz CT molecular complexity index is 139. The Kier molecular flexibility index (Phi) is 7.57. The van der Waals surface area contributed by atoms with Gasteiger partial charge >= 0.3 is 0 Å². The van der Waals surface area contributed by atoms with E-state index in [-0.39, 0.29) is 6.61 Å². The van der Waals surface area contributed by atoms with Gasteiger partial charge in [-0.25, -0.2) is 0 Å². The Morgan fingerprint density at radius 3 is 2.38 bits per heavy atom. The number of amides is 1. The molecule has 0 saturated carbocycles. The van der Waals surface area contributed by atoms with Crippen LogP contribution in [0.2, 0.25) is 0 Å². The lowest BCUT2D eigenvalue weighted by atomic mass is 10.6. The SMILES string of the molecule is CN(C)CCOCCOCC(N)=O. The molecule has 0 aromatic carbocycles. The van der Waals surface area contributed by atoms with Crippen molar-refractivity contribution in [1.82, 2.24) is 4.90 Å². The van der Waals surface area contributed by atoms with Crippen molar-refractivity contribution in [1.29, 1.82) is 0 Å². The first kappa shape index (κ1) is 12.3. The highest BCUT2D eigenvalue weighted by Gasteiger charge is 1.94. The average molecular weight is 190 g/mol. The second-order valence-corrected chi connectivity index (χ2v) is 2.93. The Labute approximate surface area is 78.8 Å². The molecule has 0 radical (unpaired) electrons. The van der Waals surface area contributed by atoms with Gasteiger partial charge in [-0.3, -0.25) is 4.79 Å². The molecule has 0 aliphatic heterocycles. The van der Waals surface area contributed by atoms with E-state index in [1.807, 2.05) is 19.0 Å². The van der Waals surface area contributed by atoms with Gasteiger partial charge in [-0.15, -0.1) is 0 Å². The lowest BCUT2D eigenvalue weighted by molar-refractivity contribution is -0.123. The largest absolute Gasteiger partial charge is 0.378 e. The van der Waals surface area contributed by atoms with Crippen LogP contribution in [0.15, 0.2) is 0 Å². The van der Waals surface area contributed by atoms with Crippen molar-refractivity contribution in [2.24, 2.45) is 5.73 Å². The maximum absolute atomic E-state index is 10.2. The molecule has 13 heavy (non-hydrogen) atoms. The molecule has 1 amide bonds. The fourth-order valence-electron chi connectivity index (χ4n) is 0.640. The van der Waals surface area contributed by atoms with Gasteiger partial charge in [0.15, 0.2) is 0 Å². The number of hydrogen-bond acceptors (Lipinski definition) is 4. The molecule has 0 rings (SSSR count). The van der Waals surface area contributed by atoms with Crippen molar-refractivity contribution in [2.45, 2.75) is 0 Å². The number of rotatable bonds is 8. The lowest BCUT2D eigenvalue weighted by Crippen LogP contribution is -2.21. The van der Waals surface area contributed by atoms with E-state index in [1.165, 1.54) is 0 Å². The third-order valence-electron chi connectivity index (χ3n) is 1.30. The first-order valence-corrected chi connectivity index (χ1v) is 4.21. The molecule has 0 aliphatic rings. The summed E-state index contributed by atoms with van der Waals surface area (Å²) >= 11 is 0. The molecule has 0 spiro atoms. The van der Waals surface area contributed by atoms with Gasteiger partial charge in [-0.1, -0.05) is 0 Å². The van der Waals surface area contributed by atoms with E-state index in [9.17, 15) is 4.79 Å². The van der Waals surface area contributed by atoms with Gasteiger partial charge in [0.25, 0.3) is 0 Å². The molecule has 0 aliphatic carbocycles. The Hall–Kier alpha value is -0.650. The van der Waals surface area contributed by atoms with Gasteiger partial charge in [0, 0.05) is 6.54 Å². The zero-order valence-electron chi connectivity index (χ0n) is 8.28. The van der Waals surface area contributed by atoms with Crippen LogP contribution in [0.5, 0.6) is 0 Å². The number of carbonyl (C=O) groups excluding carboxylic acids is 1. The smallest absolute Gasteiger partial charge is 0.243 e. The average Bonchev–Trinajstić information content (AvgIpc) is 2.01. The molecule has 0 atom stereocenters. The molecule has 0 aromatic heterocycles. The molecule has 0 aromatic rings. The Morgan fingerprint density at radius 2 is 1.85 bits per heavy atom. The summed E-state index contributed by atoms with van der Waals surface area (Å²) in [7, 11) is 3.96. The second kappa shape index (κ2) is 7.97. The minimum Gasteiger partial charge on any atom is -0.378 e. The topological polar surface area (TPSA) is 64.8 Å². The van der Waals surface area contributed by atoms with E-state index in [2.05, 4.69) is 0 Å². The highest BCUT2D eigenvalue weighted by atomic mass is 16.5. The zero-order valence-corrected chi connectivity index (χ0v) is 8.28. The Morgan fingerprint density at radius 1 is 1.23 bits per heavy atom. The fraction of sp³-hybridized carbons (Fsp3) is 0.875. The quantitative estimate of drug-likeness (QED) is 0.502. The summed E-state index contributed by atoms with van der Waals surface area (Å²) in [6.07, 6.45) is 0. The van der Waals surface area contributed by atoms with E-state index in [1.54, 1.807) is 0 Å². The molecule has 0 unspecified atom stereocenters. The van der Waals surface area contributed by atoms with Gasteiger partial charge in [0.1, 0.15) is 6.61 Å². The summed E-state index contributed by atoms with van der Waals surface area (Å²) < 4.78 is 10.1. The molecule has 78 valence electrons. The van der Waals surface area contributed by atoms with Crippen LogP contribution in [0, 0.1) is 0 Å². The van der Waals surface area contributed by atoms with Crippen molar-refractivity contribution < 1.29 is 14.3 Å². The number of nitrogens with two attached hydrogens (primary N) is 1. The highest BCUT2D eigenvalue weighted by Crippen LogP contribution is 1.80. The maximum Gasteiger partial charge on any atom is 0.243 e. The minimum atomic E-state index is -0.451. The van der Waals surface area contributed by atoms with Gasteiger partial charge in [0.2, 0.25) is 5.91 Å². The normalized spacial score (nSPS) is 10.7. The zero-order chi connectivity index (χ0) is 10.1. The molecular formula is C8H18N2O3. The number of nitrogens with zero attached hydrogens (tertiary/aromatic N) is 1. The molecule has 5 heteroatoms. The predicted molar refractivity (Wildman–Crippen MR) is 49.4 cm³/mol. The van der Waals surface area contributed by atoms with Crippen LogP contribution in [-0.4, -0.2) is 57.9 Å². The van der Waals surface area contributed by atoms with Crippen molar-refractivity contribution in [3.8, 4) is 0 Å². The number of carbonyl (C=O) groups is 1. The third-order valence-corrected chi connectivity index (χ3v) is 1.30. The van der Waals surface area contributed by atoms with Gasteiger partial charge in [0.05, 0.1) is 19.8 Å². The van der Waals surface area contributed by atoms with Crippen molar-refractivity contribution in [3.05, 3.63) is 0 Å². The van der Waals surface area contributed by atoms with Crippen LogP contribution < -0.4 is 5.73 Å². The molecule has 2 N–H and O–H groups in total. The number of hydrogen-bond donors (Lipinski definition) is 1. The van der Waals surface area contributed by atoms with Crippen LogP contribution in [0.3, 0.4) is 0 Å². The molecule has 0 heterocycles. The number of primary amides is 1. The lowest BCUT2D eigenvalue weighted by Gasteiger charge is -2.09. The molecule has 0 saturated heterocycles. The van der Waals surface area contributed by atoms with Crippen LogP contribution in [0.4, 0.5) is 0 Å². The molecule has 5 nitrogen and oxygen atoms in total. The number of likely N-dealkylation sites (N-methyl/N-ethyl adjacent to an activating group) is 1. The van der Waals surface area contributed by atoms with Crippen LogP contribution in [0.1, 0.15) is 0 Å². The highest BCUT2D eigenvalue weighted by molar-refractivity contribution is 5.74. The standard InChI is InChI=1S/C8H18N2O3/c1-10(2)3-4-12-5-6-13-7-8(9)11/h3-7H2,1-2H3,(H2,9,11). The molecular weight excluding hydrogens is 172 g/mol. The Balaban J connectivity index is 2.96. The molecule has 0 bridgehead atoms. The van der Waals surface area contributed by atoms with Crippen LogP contribution in [0.25, 0.3) is 0 Å². The third kappa shape index (κ3) is 11.3. The van der Waals surface area contributed by atoms with E-state index >= 15 is 0 Å². The van der Waals surface area contributed by atoms with E-state index in [4.69, 9.17) is 15.2 Å². The van der Waals surface area contributed by atoms with Gasteiger partial charge in [-0.2, -0.15) is 0 Å². The predicted octanol–water partition coefficient (Wildman–Crippen LogP) is -0.933. The molecule has 0 fully saturated rings. The van der Waals surface area contributed by atoms with Crippen molar-refractivity contribution in [3.63, 3.8) is 0 Å². The van der Waals surface area contributed by atoms with Gasteiger partial charge in [-0.05, 0) is 14.1 Å². The summed E-state index contributed by atoms with van der Waals surface area (Å²) in [4.78, 5) is 12.3. The van der Waals surface area contributed by atoms with E-state index in [0.29, 0.717) is 19.8 Å². The number of ether oxygens (including phenoxy) is 2. The van der Waals surface area contributed by atoms with Crippen molar-refractivity contribution >= 4 is 5.91 Å². The summed E-state index contributed by atoms with van der Waals surface area (Å²) in [6.45, 7) is 2.44. The van der Waals surface area contributed by atoms with E-state index < -0.39 is 5.91 Å². The summed E-state index contributed by atoms with van der Waals surface area (Å²) in [6, 6.07) is 0. The van der Waals surface area contributed by atoms with Crippen molar-refractivity contribution in [2.75, 3.05) is 47.1 Å². The second-order valence-electron chi connectivity index (χ2n) is 2.93. The minimum absolute atomic E-state index is 0.0307. The summed E-state index contributed by atoms with van der Waals surface area (Å²) in [5.41, 5.74) is 4.86.